The fourth-order valence-electron chi connectivity index (χ4n) is 8.11. The summed E-state index contributed by atoms with van der Waals surface area (Å²) >= 11 is 1.71. The predicted molar refractivity (Wildman–Crippen MR) is 183 cm³/mol. The molecule has 5 rings (SSSR count). The first-order valence-electron chi connectivity index (χ1n) is 16.3. The molecule has 3 amide bonds. The van der Waals surface area contributed by atoms with Crippen LogP contribution in [0.15, 0.2) is 73.8 Å². The smallest absolute Gasteiger partial charge is 0.251 e. The van der Waals surface area contributed by atoms with Crippen molar-refractivity contribution in [1.82, 2.24) is 4.90 Å². The number of nitrogens with zero attached hydrogens (tertiary/aromatic N) is 3. The van der Waals surface area contributed by atoms with Crippen LogP contribution >= 0.6 is 11.8 Å². The van der Waals surface area contributed by atoms with E-state index in [-0.39, 0.29) is 35.5 Å². The van der Waals surface area contributed by atoms with Gasteiger partial charge in [0.05, 0.1) is 16.6 Å². The summed E-state index contributed by atoms with van der Waals surface area (Å²) in [4.78, 5) is 49.7. The quantitative estimate of drug-likeness (QED) is 0.207. The zero-order valence-corrected chi connectivity index (χ0v) is 27.7. The number of aryl methyl sites for hydroxylation is 2. The highest BCUT2D eigenvalue weighted by Gasteiger charge is 2.76. The molecule has 0 aromatic heterocycles. The molecule has 8 heteroatoms. The number of hydrogen-bond donors (Lipinski definition) is 1. The highest BCUT2D eigenvalue weighted by Crippen LogP contribution is 2.69. The van der Waals surface area contributed by atoms with E-state index in [1.807, 2.05) is 72.2 Å². The molecule has 6 atom stereocenters. The SMILES string of the molecule is C=CCN(C(=O)[C@@H]1[C@@H]2CC(C)C3(S2)C(C(=O)N(CC=C)c2c(C)cccc2C)N(CCCCCCO)C(=O)[C@H]13)c1ccccc1. The summed E-state index contributed by atoms with van der Waals surface area (Å²) in [6, 6.07) is 14.9. The van der Waals surface area contributed by atoms with E-state index < -0.39 is 22.6 Å². The van der Waals surface area contributed by atoms with Gasteiger partial charge in [-0.1, -0.05) is 68.3 Å². The van der Waals surface area contributed by atoms with Crippen LogP contribution in [0.3, 0.4) is 0 Å². The van der Waals surface area contributed by atoms with Crippen LogP contribution in [-0.2, 0) is 14.4 Å². The number of anilines is 2. The van der Waals surface area contributed by atoms with Crippen LogP contribution in [0.2, 0.25) is 0 Å². The average molecular weight is 630 g/mol. The van der Waals surface area contributed by atoms with Crippen LogP contribution < -0.4 is 9.80 Å². The molecule has 1 spiro atoms. The van der Waals surface area contributed by atoms with E-state index in [0.717, 1.165) is 48.2 Å². The van der Waals surface area contributed by atoms with Crippen LogP contribution in [0, 0.1) is 31.6 Å². The van der Waals surface area contributed by atoms with Gasteiger partial charge in [-0.25, -0.2) is 0 Å². The molecule has 240 valence electrons. The van der Waals surface area contributed by atoms with Gasteiger partial charge in [0.1, 0.15) is 6.04 Å². The maximum atomic E-state index is 15.1. The Labute approximate surface area is 272 Å². The third-order valence-electron chi connectivity index (χ3n) is 10.0. The van der Waals surface area contributed by atoms with E-state index in [1.165, 1.54) is 0 Å². The molecule has 45 heavy (non-hydrogen) atoms. The normalized spacial score (nSPS) is 26.5. The van der Waals surface area contributed by atoms with Crippen LogP contribution in [0.5, 0.6) is 0 Å². The Balaban J connectivity index is 1.58. The second-order valence-electron chi connectivity index (χ2n) is 12.8. The van der Waals surface area contributed by atoms with Gasteiger partial charge in [-0.2, -0.15) is 0 Å². The van der Waals surface area contributed by atoms with Crippen molar-refractivity contribution in [1.29, 1.82) is 0 Å². The number of rotatable bonds is 14. The first-order chi connectivity index (χ1) is 21.7. The van der Waals surface area contributed by atoms with Crippen LogP contribution in [0.1, 0.15) is 50.2 Å². The monoisotopic (exact) mass is 629 g/mol. The zero-order valence-electron chi connectivity index (χ0n) is 26.9. The maximum absolute atomic E-state index is 15.1. The summed E-state index contributed by atoms with van der Waals surface area (Å²) in [5.74, 6) is -1.29. The molecular formula is C37H47N3O4S. The number of amides is 3. The second-order valence-corrected chi connectivity index (χ2v) is 14.3. The minimum Gasteiger partial charge on any atom is -0.396 e. The van der Waals surface area contributed by atoms with Crippen molar-refractivity contribution in [3.63, 3.8) is 0 Å². The molecule has 1 N–H and O–H groups in total. The molecule has 2 bridgehead atoms. The minimum absolute atomic E-state index is 0.0486. The number of hydrogen-bond acceptors (Lipinski definition) is 5. The third-order valence-corrected chi connectivity index (χ3v) is 12.1. The van der Waals surface area contributed by atoms with E-state index >= 15 is 4.79 Å². The molecule has 3 aliphatic heterocycles. The summed E-state index contributed by atoms with van der Waals surface area (Å²) in [5, 5.41) is 9.24. The van der Waals surface area contributed by atoms with Gasteiger partial charge < -0.3 is 19.8 Å². The lowest BCUT2D eigenvalue weighted by Gasteiger charge is -2.41. The molecule has 3 aliphatic rings. The molecule has 0 aliphatic carbocycles. The topological polar surface area (TPSA) is 81.2 Å². The van der Waals surface area contributed by atoms with E-state index in [4.69, 9.17) is 0 Å². The standard InChI is InChI=1S/C37H47N3O4S/c1-6-20-38(28-18-11-10-12-19-28)34(42)30-29-24-27(5)37(45-29)31(30)35(43)40(22-13-8-9-14-23-41)33(37)36(44)39(21-7-2)32-25(3)16-15-17-26(32)4/h6-7,10-12,15-19,27,29-31,33,41H,1-2,8-9,13-14,20-24H2,3-5H3/t27?,29-,30+,31-,33?,37?/m0/s1. The van der Waals surface area contributed by atoms with Crippen molar-refractivity contribution >= 4 is 40.9 Å². The lowest BCUT2D eigenvalue weighted by molar-refractivity contribution is -0.139. The number of likely N-dealkylation sites (tertiary alicyclic amines) is 1. The van der Waals surface area contributed by atoms with Crippen LogP contribution in [0.25, 0.3) is 0 Å². The Morgan fingerprint density at radius 2 is 1.60 bits per heavy atom. The Morgan fingerprint density at radius 1 is 0.956 bits per heavy atom. The number of thioether (sulfide) groups is 1. The van der Waals surface area contributed by atoms with Crippen molar-refractivity contribution in [3.05, 3.63) is 85.0 Å². The molecule has 0 saturated carbocycles. The van der Waals surface area contributed by atoms with Crippen LogP contribution in [-0.4, -0.2) is 70.0 Å². The predicted octanol–water partition coefficient (Wildman–Crippen LogP) is 5.93. The van der Waals surface area contributed by atoms with Gasteiger partial charge >= 0.3 is 0 Å². The number of fused-ring (bicyclic) bond motifs is 1. The third kappa shape index (κ3) is 5.76. The van der Waals surface area contributed by atoms with Gasteiger partial charge in [0, 0.05) is 42.9 Å². The number of carbonyl (C=O) groups excluding carboxylic acids is 3. The van der Waals surface area contributed by atoms with E-state index in [1.54, 1.807) is 28.8 Å². The number of aliphatic hydroxyl groups is 1. The number of para-hydroxylation sites is 2. The van der Waals surface area contributed by atoms with Gasteiger partial charge in [-0.3, -0.25) is 14.4 Å². The largest absolute Gasteiger partial charge is 0.396 e. The second kappa shape index (κ2) is 14.0. The molecule has 3 saturated heterocycles. The van der Waals surface area contributed by atoms with E-state index in [9.17, 15) is 14.7 Å². The fourth-order valence-corrected chi connectivity index (χ4v) is 10.5. The number of aliphatic hydroxyl groups excluding tert-OH is 1. The van der Waals surface area contributed by atoms with Crippen molar-refractivity contribution in [2.75, 3.05) is 36.0 Å². The van der Waals surface area contributed by atoms with Crippen molar-refractivity contribution in [2.45, 2.75) is 68.9 Å². The Bertz CT molecular complexity index is 1410. The minimum atomic E-state index is -0.712. The van der Waals surface area contributed by atoms with Gasteiger partial charge in [-0.05, 0) is 62.3 Å². The number of carbonyl (C=O) groups is 3. The highest BCUT2D eigenvalue weighted by molar-refractivity contribution is 8.02. The molecule has 2 aromatic carbocycles. The Hall–Kier alpha value is -3.36. The molecule has 3 unspecified atom stereocenters. The molecule has 3 fully saturated rings. The fraction of sp³-hybridized carbons (Fsp3) is 0.486. The molecule has 0 radical (unpaired) electrons. The average Bonchev–Trinajstić information content (AvgIpc) is 3.62. The van der Waals surface area contributed by atoms with E-state index in [0.29, 0.717) is 26.1 Å². The summed E-state index contributed by atoms with van der Waals surface area (Å²) in [7, 11) is 0. The number of unbranched alkanes of at least 4 members (excludes halogenated alkanes) is 3. The molecule has 3 heterocycles. The maximum Gasteiger partial charge on any atom is 0.251 e. The lowest BCUT2D eigenvalue weighted by Crippen LogP contribution is -2.58. The van der Waals surface area contributed by atoms with E-state index in [2.05, 4.69) is 20.1 Å². The first kappa shape index (κ1) is 33.0. The Kier molecular flexibility index (Phi) is 10.2. The molecule has 2 aromatic rings. The molecular weight excluding hydrogens is 582 g/mol. The summed E-state index contributed by atoms with van der Waals surface area (Å²) in [6.45, 7) is 15.3. The first-order valence-corrected chi connectivity index (χ1v) is 17.2. The van der Waals surface area contributed by atoms with Gasteiger partial charge in [0.15, 0.2) is 0 Å². The van der Waals surface area contributed by atoms with Crippen molar-refractivity contribution in [2.24, 2.45) is 17.8 Å². The summed E-state index contributed by atoms with van der Waals surface area (Å²) in [6.07, 6.45) is 7.41. The summed E-state index contributed by atoms with van der Waals surface area (Å²) < 4.78 is -0.712. The molecule has 7 nitrogen and oxygen atoms in total. The van der Waals surface area contributed by atoms with Crippen molar-refractivity contribution < 1.29 is 19.5 Å². The highest BCUT2D eigenvalue weighted by atomic mass is 32.2. The lowest BCUT2D eigenvalue weighted by atomic mass is 9.65. The number of benzene rings is 2. The van der Waals surface area contributed by atoms with Gasteiger partial charge in [0.2, 0.25) is 11.8 Å². The van der Waals surface area contributed by atoms with Crippen molar-refractivity contribution in [3.8, 4) is 0 Å². The zero-order chi connectivity index (χ0) is 32.3. The van der Waals surface area contributed by atoms with Crippen LogP contribution in [0.4, 0.5) is 11.4 Å². The van der Waals surface area contributed by atoms with Gasteiger partial charge in [-0.15, -0.1) is 24.9 Å². The summed E-state index contributed by atoms with van der Waals surface area (Å²) in [5.41, 5.74) is 3.62. The Morgan fingerprint density at radius 3 is 2.24 bits per heavy atom. The van der Waals surface area contributed by atoms with Gasteiger partial charge in [0.25, 0.3) is 5.91 Å².